The number of hydrogen-bond acceptors (Lipinski definition) is 5. The van der Waals surface area contributed by atoms with Crippen molar-refractivity contribution >= 4 is 44.7 Å². The minimum absolute atomic E-state index is 0.190. The number of rotatable bonds is 7. The van der Waals surface area contributed by atoms with Gasteiger partial charge in [0, 0.05) is 10.6 Å². The van der Waals surface area contributed by atoms with Crippen LogP contribution in [0.4, 0.5) is 5.69 Å². The van der Waals surface area contributed by atoms with E-state index in [0.29, 0.717) is 5.69 Å². The van der Waals surface area contributed by atoms with Crippen molar-refractivity contribution in [1.29, 1.82) is 0 Å². The molecule has 24 heavy (non-hydrogen) atoms. The molecule has 130 valence electrons. The first-order chi connectivity index (χ1) is 11.3. The first kappa shape index (κ1) is 19.0. The van der Waals surface area contributed by atoms with Gasteiger partial charge in [-0.05, 0) is 47.9 Å². The van der Waals surface area contributed by atoms with Gasteiger partial charge in [0.05, 0.1) is 0 Å². The predicted octanol–water partition coefficient (Wildman–Crippen LogP) is 3.41. The maximum absolute atomic E-state index is 12.5. The summed E-state index contributed by atoms with van der Waals surface area (Å²) in [5.74, 6) is -0.563. The van der Waals surface area contributed by atoms with Crippen LogP contribution < -0.4 is 10.0 Å². The topological polar surface area (TPSA) is 75.3 Å². The Morgan fingerprint density at radius 2 is 1.83 bits per heavy atom. The van der Waals surface area contributed by atoms with Crippen LogP contribution in [0.15, 0.2) is 50.9 Å². The predicted molar refractivity (Wildman–Crippen MR) is 100 cm³/mol. The van der Waals surface area contributed by atoms with Crippen LogP contribution >= 0.6 is 23.1 Å². The zero-order valence-corrected chi connectivity index (χ0v) is 16.1. The maximum atomic E-state index is 12.5. The first-order valence-corrected chi connectivity index (χ1v) is 10.9. The van der Waals surface area contributed by atoms with E-state index in [9.17, 15) is 13.2 Å². The highest BCUT2D eigenvalue weighted by atomic mass is 32.2. The quantitative estimate of drug-likeness (QED) is 0.718. The lowest BCUT2D eigenvalue weighted by Gasteiger charge is -2.21. The van der Waals surface area contributed by atoms with Crippen molar-refractivity contribution in [2.75, 3.05) is 11.6 Å². The third-order valence-electron chi connectivity index (χ3n) is 3.35. The highest BCUT2D eigenvalue weighted by Crippen LogP contribution is 2.20. The molecular formula is C16H20N2O3S3. The van der Waals surface area contributed by atoms with Gasteiger partial charge in [0.1, 0.15) is 10.3 Å². The van der Waals surface area contributed by atoms with Crippen molar-refractivity contribution in [2.45, 2.75) is 29.0 Å². The smallest absolute Gasteiger partial charge is 0.250 e. The van der Waals surface area contributed by atoms with E-state index in [1.165, 1.54) is 6.07 Å². The van der Waals surface area contributed by atoms with Crippen molar-refractivity contribution in [3.8, 4) is 0 Å². The Hall–Kier alpha value is -1.35. The van der Waals surface area contributed by atoms with Crippen molar-refractivity contribution in [3.63, 3.8) is 0 Å². The molecule has 1 aromatic heterocycles. The second kappa shape index (κ2) is 8.15. The van der Waals surface area contributed by atoms with Crippen LogP contribution in [0.2, 0.25) is 0 Å². The molecular weight excluding hydrogens is 364 g/mol. The van der Waals surface area contributed by atoms with Gasteiger partial charge in [-0.3, -0.25) is 4.79 Å². The Morgan fingerprint density at radius 3 is 2.33 bits per heavy atom. The monoisotopic (exact) mass is 384 g/mol. The maximum Gasteiger partial charge on any atom is 0.250 e. The summed E-state index contributed by atoms with van der Waals surface area (Å²) in [5, 5.41) is 4.46. The van der Waals surface area contributed by atoms with E-state index >= 15 is 0 Å². The lowest BCUT2D eigenvalue weighted by atomic mass is 10.0. The Kier molecular flexibility index (Phi) is 6.45. The molecule has 0 aliphatic heterocycles. The second-order valence-corrected chi connectivity index (χ2v) is 9.26. The van der Waals surface area contributed by atoms with Crippen LogP contribution in [0.1, 0.15) is 13.8 Å². The number of hydrogen-bond donors (Lipinski definition) is 2. The van der Waals surface area contributed by atoms with E-state index in [4.69, 9.17) is 0 Å². The van der Waals surface area contributed by atoms with E-state index in [0.717, 1.165) is 16.2 Å². The van der Waals surface area contributed by atoms with E-state index in [1.807, 2.05) is 18.4 Å². The molecule has 5 nitrogen and oxygen atoms in total. The highest BCUT2D eigenvalue weighted by Gasteiger charge is 2.28. The van der Waals surface area contributed by atoms with Gasteiger partial charge in [-0.15, -0.1) is 23.1 Å². The van der Waals surface area contributed by atoms with Crippen LogP contribution in [-0.2, 0) is 14.8 Å². The molecule has 0 fully saturated rings. The lowest BCUT2D eigenvalue weighted by Crippen LogP contribution is -2.46. The van der Waals surface area contributed by atoms with Crippen LogP contribution in [0.3, 0.4) is 0 Å². The summed E-state index contributed by atoms with van der Waals surface area (Å²) in [6, 6.07) is 9.74. The summed E-state index contributed by atoms with van der Waals surface area (Å²) in [6.07, 6.45) is 1.97. The fraction of sp³-hybridized carbons (Fsp3) is 0.312. The van der Waals surface area contributed by atoms with E-state index in [-0.39, 0.29) is 16.0 Å². The van der Waals surface area contributed by atoms with Gasteiger partial charge < -0.3 is 5.32 Å². The van der Waals surface area contributed by atoms with Gasteiger partial charge in [0.15, 0.2) is 0 Å². The molecule has 0 aliphatic rings. The minimum Gasteiger partial charge on any atom is -0.325 e. The Morgan fingerprint density at radius 1 is 1.17 bits per heavy atom. The molecule has 0 saturated heterocycles. The van der Waals surface area contributed by atoms with E-state index < -0.39 is 16.1 Å². The van der Waals surface area contributed by atoms with E-state index in [2.05, 4.69) is 10.0 Å². The van der Waals surface area contributed by atoms with Gasteiger partial charge in [0.25, 0.3) is 10.0 Å². The number of nitrogens with one attached hydrogen (secondary N) is 2. The van der Waals surface area contributed by atoms with Crippen molar-refractivity contribution in [1.82, 2.24) is 4.72 Å². The van der Waals surface area contributed by atoms with Crippen molar-refractivity contribution < 1.29 is 13.2 Å². The van der Waals surface area contributed by atoms with Crippen LogP contribution in [0.5, 0.6) is 0 Å². The van der Waals surface area contributed by atoms with Gasteiger partial charge in [0.2, 0.25) is 5.91 Å². The Balaban J connectivity index is 2.13. The van der Waals surface area contributed by atoms with Crippen molar-refractivity contribution in [3.05, 3.63) is 41.8 Å². The van der Waals surface area contributed by atoms with Gasteiger partial charge in [-0.2, -0.15) is 4.72 Å². The number of benzene rings is 1. The summed E-state index contributed by atoms with van der Waals surface area (Å²) >= 11 is 2.73. The fourth-order valence-corrected chi connectivity index (χ4v) is 4.79. The normalized spacial score (nSPS) is 13.0. The summed E-state index contributed by atoms with van der Waals surface area (Å²) in [6.45, 7) is 3.61. The van der Waals surface area contributed by atoms with Gasteiger partial charge >= 0.3 is 0 Å². The Labute approximate surface area is 150 Å². The summed E-state index contributed by atoms with van der Waals surface area (Å²) < 4.78 is 27.4. The van der Waals surface area contributed by atoms with Gasteiger partial charge in [-0.25, -0.2) is 8.42 Å². The molecule has 1 aromatic carbocycles. The number of thioether (sulfide) groups is 1. The molecule has 0 saturated carbocycles. The fourth-order valence-electron chi connectivity index (χ4n) is 2.03. The largest absolute Gasteiger partial charge is 0.325 e. The molecule has 0 spiro atoms. The second-order valence-electron chi connectivity index (χ2n) is 5.49. The molecule has 2 aromatic rings. The molecule has 2 N–H and O–H groups in total. The molecule has 1 atom stereocenters. The number of amides is 1. The molecule has 1 heterocycles. The number of carbonyl (C=O) groups excluding carboxylic acids is 1. The van der Waals surface area contributed by atoms with Crippen LogP contribution in [0.25, 0.3) is 0 Å². The Bertz CT molecular complexity index is 769. The van der Waals surface area contributed by atoms with Crippen molar-refractivity contribution in [2.24, 2.45) is 5.92 Å². The molecule has 0 radical (unpaired) electrons. The number of anilines is 1. The zero-order valence-electron chi connectivity index (χ0n) is 13.6. The number of thiophene rings is 1. The minimum atomic E-state index is -3.70. The summed E-state index contributed by atoms with van der Waals surface area (Å²) in [4.78, 5) is 13.6. The lowest BCUT2D eigenvalue weighted by molar-refractivity contribution is -0.118. The van der Waals surface area contributed by atoms with Crippen LogP contribution in [-0.4, -0.2) is 26.6 Å². The zero-order chi connectivity index (χ0) is 17.7. The SMILES string of the molecule is CSc1ccc(NC(=O)[C@@H](NS(=O)(=O)c2cccs2)C(C)C)cc1. The molecule has 0 aliphatic carbocycles. The van der Waals surface area contributed by atoms with Gasteiger partial charge in [-0.1, -0.05) is 19.9 Å². The standard InChI is InChI=1S/C16H20N2O3S3/c1-11(2)15(18-24(20,21)14-5-4-10-23-14)16(19)17-12-6-8-13(22-3)9-7-12/h4-11,15,18H,1-3H3,(H,17,19)/t15-/m0/s1. The molecule has 2 rings (SSSR count). The molecule has 1 amide bonds. The third-order valence-corrected chi connectivity index (χ3v) is 6.93. The molecule has 0 unspecified atom stereocenters. The highest BCUT2D eigenvalue weighted by molar-refractivity contribution is 7.98. The summed E-state index contributed by atoms with van der Waals surface area (Å²) in [5.41, 5.74) is 0.638. The third kappa shape index (κ3) is 4.83. The first-order valence-electron chi connectivity index (χ1n) is 7.34. The van der Waals surface area contributed by atoms with E-state index in [1.54, 1.807) is 49.2 Å². The average Bonchev–Trinajstić information content (AvgIpc) is 3.08. The summed E-state index contributed by atoms with van der Waals surface area (Å²) in [7, 11) is -3.70. The number of carbonyl (C=O) groups is 1. The number of sulfonamides is 1. The van der Waals surface area contributed by atoms with Crippen LogP contribution in [0, 0.1) is 5.92 Å². The average molecular weight is 385 g/mol. The molecule has 0 bridgehead atoms. The molecule has 8 heteroatoms.